The van der Waals surface area contributed by atoms with E-state index in [0.717, 1.165) is 0 Å². The predicted molar refractivity (Wildman–Crippen MR) is 92.4 cm³/mol. The second-order valence-electron chi connectivity index (χ2n) is 4.51. The van der Waals surface area contributed by atoms with Gasteiger partial charge >= 0.3 is 5.97 Å². The van der Waals surface area contributed by atoms with E-state index >= 15 is 0 Å². The van der Waals surface area contributed by atoms with Gasteiger partial charge in [0.05, 0.1) is 51.8 Å². The molecule has 0 saturated carbocycles. The molecule has 168 valence electrons. The summed E-state index contributed by atoms with van der Waals surface area (Å²) in [5, 5.41) is 72.3. The summed E-state index contributed by atoms with van der Waals surface area (Å²) in [5.74, 6) is -1.99. The zero-order valence-electron chi connectivity index (χ0n) is 14.8. The molecule has 0 aliphatic carbocycles. The van der Waals surface area contributed by atoms with Crippen LogP contribution in [0.25, 0.3) is 0 Å². The van der Waals surface area contributed by atoms with E-state index in [2.05, 4.69) is 0 Å². The van der Waals surface area contributed by atoms with Crippen LogP contribution < -0.4 is 0 Å². The molecule has 0 aromatic rings. The summed E-state index contributed by atoms with van der Waals surface area (Å²) in [6.07, 6.45) is -3.04. The first-order valence-corrected chi connectivity index (χ1v) is 9.26. The van der Waals surface area contributed by atoms with Gasteiger partial charge in [0.1, 0.15) is 5.75 Å². The monoisotopic (exact) mass is 428 g/mol. The van der Waals surface area contributed by atoms with Crippen LogP contribution in [-0.2, 0) is 14.9 Å². The van der Waals surface area contributed by atoms with Crippen molar-refractivity contribution in [1.82, 2.24) is 0 Å². The number of aliphatic hydroxyl groups is 8. The van der Waals surface area contributed by atoms with Crippen molar-refractivity contribution in [1.29, 1.82) is 0 Å². The fourth-order valence-electron chi connectivity index (χ4n) is 0.982. The van der Waals surface area contributed by atoms with Gasteiger partial charge in [0.15, 0.2) is 0 Å². The second kappa shape index (κ2) is 25.1. The van der Waals surface area contributed by atoms with E-state index in [4.69, 9.17) is 45.4 Å². The third kappa shape index (κ3) is 45.8. The predicted octanol–water partition coefficient (Wildman–Crippen LogP) is -4.24. The Kier molecular flexibility index (Phi) is 31.2. The molecule has 0 aromatic carbocycles. The van der Waals surface area contributed by atoms with Crippen molar-refractivity contribution in [3.8, 4) is 0 Å². The molecule has 10 N–H and O–H groups in total. The lowest BCUT2D eigenvalue weighted by atomic mass is 10.1. The first-order chi connectivity index (χ1) is 12.5. The van der Waals surface area contributed by atoms with E-state index in [9.17, 15) is 18.3 Å². The first kappa shape index (κ1) is 33.6. The molecule has 0 aliphatic heterocycles. The fraction of sp³-hybridized carbons (Fsp3) is 0.923. The summed E-state index contributed by atoms with van der Waals surface area (Å²) in [4.78, 5) is 10.1. The normalized spacial score (nSPS) is 12.2. The summed E-state index contributed by atoms with van der Waals surface area (Å²) in [5.41, 5.74) is 0. The first-order valence-electron chi connectivity index (χ1n) is 7.65. The van der Waals surface area contributed by atoms with Gasteiger partial charge in [-0.25, -0.2) is 0 Å². The summed E-state index contributed by atoms with van der Waals surface area (Å²) >= 11 is 0. The smallest absolute Gasteiger partial charge is 0.303 e. The molecule has 0 bridgehead atoms. The van der Waals surface area contributed by atoms with Crippen molar-refractivity contribution in [3.05, 3.63) is 0 Å². The zero-order chi connectivity index (χ0) is 22.3. The molecule has 0 rings (SSSR count). The number of carbonyl (C=O) groups is 1. The number of carboxylic acid groups (broad SMARTS) is 1. The SMILES string of the molecule is O=C(O)CCCC(O)C(O)CS(=O)(=O)O.OCCO.OCCO.OCCO. The number of aliphatic carboxylic acids is 1. The Morgan fingerprint density at radius 3 is 1.30 bits per heavy atom. The van der Waals surface area contributed by atoms with Crippen LogP contribution in [0.5, 0.6) is 0 Å². The molecular formula is C13H32O13S. The summed E-state index contributed by atoms with van der Waals surface area (Å²) in [6.45, 7) is -0.750. The van der Waals surface area contributed by atoms with Crippen LogP contribution in [-0.4, -0.2) is 123 Å². The largest absolute Gasteiger partial charge is 0.481 e. The van der Waals surface area contributed by atoms with Gasteiger partial charge < -0.3 is 46.0 Å². The lowest BCUT2D eigenvalue weighted by molar-refractivity contribution is -0.137. The molecule has 0 radical (unpaired) electrons. The van der Waals surface area contributed by atoms with Crippen LogP contribution in [0.1, 0.15) is 19.3 Å². The Balaban J connectivity index is -0.000000179. The molecule has 0 heterocycles. The fourth-order valence-corrected chi connectivity index (χ4v) is 1.64. The molecule has 0 amide bonds. The van der Waals surface area contributed by atoms with Crippen molar-refractivity contribution in [2.45, 2.75) is 31.5 Å². The van der Waals surface area contributed by atoms with Gasteiger partial charge in [-0.05, 0) is 12.8 Å². The molecule has 0 spiro atoms. The highest BCUT2D eigenvalue weighted by atomic mass is 32.2. The Labute approximate surface area is 157 Å². The molecule has 0 aromatic heterocycles. The minimum absolute atomic E-state index is 0.0387. The summed E-state index contributed by atoms with van der Waals surface area (Å²) < 4.78 is 29.0. The zero-order valence-corrected chi connectivity index (χ0v) is 15.6. The van der Waals surface area contributed by atoms with E-state index in [1.54, 1.807) is 0 Å². The number of carboxylic acids is 1. The van der Waals surface area contributed by atoms with Crippen LogP contribution in [0.3, 0.4) is 0 Å². The highest BCUT2D eigenvalue weighted by molar-refractivity contribution is 7.85. The lowest BCUT2D eigenvalue weighted by Crippen LogP contribution is -2.32. The summed E-state index contributed by atoms with van der Waals surface area (Å²) in [6, 6.07) is 0. The molecule has 13 nitrogen and oxygen atoms in total. The van der Waals surface area contributed by atoms with Gasteiger partial charge in [0.2, 0.25) is 0 Å². The third-order valence-electron chi connectivity index (χ3n) is 2.02. The van der Waals surface area contributed by atoms with Crippen LogP contribution in [0.15, 0.2) is 0 Å². The number of rotatable bonds is 10. The molecule has 14 heteroatoms. The Hall–Kier alpha value is -0.940. The summed E-state index contributed by atoms with van der Waals surface area (Å²) in [7, 11) is -4.34. The van der Waals surface area contributed by atoms with E-state index in [1.165, 1.54) is 0 Å². The maximum Gasteiger partial charge on any atom is 0.303 e. The van der Waals surface area contributed by atoms with Gasteiger partial charge in [-0.1, -0.05) is 0 Å². The van der Waals surface area contributed by atoms with Crippen LogP contribution >= 0.6 is 0 Å². The second-order valence-corrected chi connectivity index (χ2v) is 6.01. The van der Waals surface area contributed by atoms with Gasteiger partial charge in [0, 0.05) is 6.42 Å². The maximum absolute atomic E-state index is 10.3. The Bertz CT molecular complexity index is 372. The van der Waals surface area contributed by atoms with Gasteiger partial charge in [-0.2, -0.15) is 8.42 Å². The Morgan fingerprint density at radius 2 is 1.07 bits per heavy atom. The number of hydrogen-bond acceptors (Lipinski definition) is 11. The van der Waals surface area contributed by atoms with Crippen molar-refractivity contribution in [3.63, 3.8) is 0 Å². The van der Waals surface area contributed by atoms with Crippen LogP contribution in [0.2, 0.25) is 0 Å². The van der Waals surface area contributed by atoms with Gasteiger partial charge in [-0.3, -0.25) is 9.35 Å². The lowest BCUT2D eigenvalue weighted by Gasteiger charge is -2.15. The minimum Gasteiger partial charge on any atom is -0.481 e. The highest BCUT2D eigenvalue weighted by Gasteiger charge is 2.21. The number of hydrogen-bond donors (Lipinski definition) is 10. The molecular weight excluding hydrogens is 396 g/mol. The average molecular weight is 428 g/mol. The standard InChI is InChI=1S/C7H14O7S.3C2H6O2/c8-5(2-1-3-7(10)11)6(9)4-15(12,13)14;3*3-1-2-4/h5-6,8-9H,1-4H2,(H,10,11)(H,12,13,14);3*3-4H,1-2H2. The molecule has 2 unspecified atom stereocenters. The minimum atomic E-state index is -4.34. The molecule has 0 saturated heterocycles. The quantitative estimate of drug-likeness (QED) is 0.148. The van der Waals surface area contributed by atoms with E-state index in [1.807, 2.05) is 0 Å². The van der Waals surface area contributed by atoms with Crippen molar-refractivity contribution >= 4 is 16.1 Å². The molecule has 0 fully saturated rings. The van der Waals surface area contributed by atoms with Crippen molar-refractivity contribution < 1.29 is 63.7 Å². The van der Waals surface area contributed by atoms with E-state index in [-0.39, 0.29) is 58.9 Å². The molecule has 2 atom stereocenters. The van der Waals surface area contributed by atoms with Crippen LogP contribution in [0, 0.1) is 0 Å². The highest BCUT2D eigenvalue weighted by Crippen LogP contribution is 2.06. The average Bonchev–Trinajstić information content (AvgIpc) is 2.60. The van der Waals surface area contributed by atoms with Gasteiger partial charge in [-0.15, -0.1) is 0 Å². The molecule has 0 aliphatic rings. The third-order valence-corrected chi connectivity index (χ3v) is 2.78. The van der Waals surface area contributed by atoms with E-state index < -0.39 is 34.0 Å². The topological polar surface area (TPSA) is 254 Å². The van der Waals surface area contributed by atoms with E-state index in [0.29, 0.717) is 0 Å². The van der Waals surface area contributed by atoms with Crippen LogP contribution in [0.4, 0.5) is 0 Å². The van der Waals surface area contributed by atoms with Gasteiger partial charge in [0.25, 0.3) is 10.1 Å². The van der Waals surface area contributed by atoms with Crippen molar-refractivity contribution in [2.24, 2.45) is 0 Å². The maximum atomic E-state index is 10.3. The molecule has 27 heavy (non-hydrogen) atoms. The number of aliphatic hydroxyl groups excluding tert-OH is 8. The van der Waals surface area contributed by atoms with Crippen molar-refractivity contribution in [2.75, 3.05) is 45.4 Å². The Morgan fingerprint density at radius 1 is 0.741 bits per heavy atom.